The smallest absolute Gasteiger partial charge is 0.133 e. The topological polar surface area (TPSA) is 35.0 Å². The molecule has 1 aromatic carbocycles. The molecule has 0 aliphatic heterocycles. The quantitative estimate of drug-likeness (QED) is 0.741. The summed E-state index contributed by atoms with van der Waals surface area (Å²) in [6.07, 6.45) is 2.58. The molecule has 0 heterocycles. The zero-order valence-corrected chi connectivity index (χ0v) is 8.85. The molecule has 0 amide bonds. The second-order valence-electron chi connectivity index (χ2n) is 3.20. The number of halogens is 2. The second-order valence-corrected chi connectivity index (χ2v) is 4.30. The van der Waals surface area contributed by atoms with Crippen molar-refractivity contribution in [3.05, 3.63) is 35.4 Å². The zero-order chi connectivity index (χ0) is 8.55. The Hall–Kier alpha value is -0.240. The van der Waals surface area contributed by atoms with Gasteiger partial charge < -0.3 is 6.15 Å². The van der Waals surface area contributed by atoms with Crippen LogP contribution in [0.4, 0.5) is 0 Å². The summed E-state index contributed by atoms with van der Waals surface area (Å²) in [4.78, 5) is -0.373. The molecule has 1 nitrogen and oxygen atoms in total. The van der Waals surface area contributed by atoms with E-state index in [2.05, 4.69) is 6.07 Å². The molecule has 0 saturated heterocycles. The van der Waals surface area contributed by atoms with Gasteiger partial charge in [-0.1, -0.05) is 24.3 Å². The molecule has 72 valence electrons. The SMILES string of the molecule is ClC(Cl)c1ccccc1C1CC1.N. The van der Waals surface area contributed by atoms with Crippen molar-refractivity contribution in [1.29, 1.82) is 0 Å². The summed E-state index contributed by atoms with van der Waals surface area (Å²) in [7, 11) is 0. The number of hydrogen-bond acceptors (Lipinski definition) is 1. The third kappa shape index (κ3) is 2.37. The van der Waals surface area contributed by atoms with E-state index in [0.717, 1.165) is 11.5 Å². The standard InChI is InChI=1S/C10H10Cl2.H3N/c11-10(12)9-4-2-1-3-8(9)7-5-6-7;/h1-4,7,10H,5-6H2;1H3. The van der Waals surface area contributed by atoms with Crippen LogP contribution in [-0.4, -0.2) is 0 Å². The molecule has 1 aliphatic rings. The van der Waals surface area contributed by atoms with Gasteiger partial charge >= 0.3 is 0 Å². The van der Waals surface area contributed by atoms with E-state index in [-0.39, 0.29) is 11.0 Å². The van der Waals surface area contributed by atoms with Gasteiger partial charge in [0, 0.05) is 0 Å². The van der Waals surface area contributed by atoms with E-state index in [4.69, 9.17) is 23.2 Å². The first-order valence-electron chi connectivity index (χ1n) is 4.16. The maximum atomic E-state index is 5.85. The molecule has 13 heavy (non-hydrogen) atoms. The summed E-state index contributed by atoms with van der Waals surface area (Å²) in [6, 6.07) is 8.18. The molecular formula is C10H13Cl2N. The van der Waals surface area contributed by atoms with Crippen molar-refractivity contribution < 1.29 is 0 Å². The number of rotatable bonds is 2. The minimum absolute atomic E-state index is 0. The molecule has 0 spiro atoms. The first-order valence-corrected chi connectivity index (χ1v) is 5.03. The highest BCUT2D eigenvalue weighted by Crippen LogP contribution is 2.44. The van der Waals surface area contributed by atoms with E-state index in [0.29, 0.717) is 0 Å². The van der Waals surface area contributed by atoms with Gasteiger partial charge in [0.2, 0.25) is 0 Å². The van der Waals surface area contributed by atoms with Gasteiger partial charge in [0.15, 0.2) is 0 Å². The molecule has 0 radical (unpaired) electrons. The minimum atomic E-state index is -0.373. The van der Waals surface area contributed by atoms with Crippen LogP contribution >= 0.6 is 23.2 Å². The highest BCUT2D eigenvalue weighted by atomic mass is 35.5. The highest BCUT2D eigenvalue weighted by Gasteiger charge is 2.26. The van der Waals surface area contributed by atoms with Crippen molar-refractivity contribution in [1.82, 2.24) is 6.15 Å². The van der Waals surface area contributed by atoms with Crippen LogP contribution < -0.4 is 6.15 Å². The van der Waals surface area contributed by atoms with Crippen molar-refractivity contribution in [2.24, 2.45) is 0 Å². The van der Waals surface area contributed by atoms with Gasteiger partial charge in [0.05, 0.1) is 0 Å². The fourth-order valence-corrected chi connectivity index (χ4v) is 1.87. The Morgan fingerprint density at radius 1 is 1.15 bits per heavy atom. The van der Waals surface area contributed by atoms with E-state index in [1.165, 1.54) is 18.4 Å². The lowest BCUT2D eigenvalue weighted by atomic mass is 10.1. The van der Waals surface area contributed by atoms with Gasteiger partial charge in [-0.3, -0.25) is 0 Å². The van der Waals surface area contributed by atoms with Crippen LogP contribution in [0.15, 0.2) is 24.3 Å². The van der Waals surface area contributed by atoms with Crippen molar-refractivity contribution in [2.45, 2.75) is 23.6 Å². The Labute approximate surface area is 88.6 Å². The van der Waals surface area contributed by atoms with Gasteiger partial charge in [0.1, 0.15) is 4.84 Å². The zero-order valence-electron chi connectivity index (χ0n) is 7.34. The summed E-state index contributed by atoms with van der Waals surface area (Å²) in [6.45, 7) is 0. The average Bonchev–Trinajstić information content (AvgIpc) is 2.87. The van der Waals surface area contributed by atoms with Gasteiger partial charge in [0.25, 0.3) is 0 Å². The van der Waals surface area contributed by atoms with Crippen LogP contribution in [0, 0.1) is 0 Å². The molecule has 0 aromatic heterocycles. The van der Waals surface area contributed by atoms with Gasteiger partial charge in [-0.2, -0.15) is 0 Å². The Balaban J connectivity index is 0.000000845. The van der Waals surface area contributed by atoms with Crippen LogP contribution in [0.3, 0.4) is 0 Å². The van der Waals surface area contributed by atoms with E-state index >= 15 is 0 Å². The molecule has 3 N–H and O–H groups in total. The van der Waals surface area contributed by atoms with Gasteiger partial charge in [-0.25, -0.2) is 0 Å². The van der Waals surface area contributed by atoms with Gasteiger partial charge in [-0.15, -0.1) is 23.2 Å². The normalized spacial score (nSPS) is 15.6. The lowest BCUT2D eigenvalue weighted by Crippen LogP contribution is -1.89. The lowest BCUT2D eigenvalue weighted by Gasteiger charge is -2.07. The van der Waals surface area contributed by atoms with Gasteiger partial charge in [-0.05, 0) is 29.9 Å². The minimum Gasteiger partial charge on any atom is -0.344 e. The molecule has 0 atom stereocenters. The maximum Gasteiger partial charge on any atom is 0.133 e. The van der Waals surface area contributed by atoms with E-state index < -0.39 is 0 Å². The molecule has 1 fully saturated rings. The Morgan fingerprint density at radius 2 is 1.77 bits per heavy atom. The molecule has 0 bridgehead atoms. The van der Waals surface area contributed by atoms with Crippen molar-refractivity contribution in [3.8, 4) is 0 Å². The third-order valence-electron chi connectivity index (χ3n) is 2.25. The van der Waals surface area contributed by atoms with E-state index in [9.17, 15) is 0 Å². The Morgan fingerprint density at radius 3 is 2.31 bits per heavy atom. The first kappa shape index (κ1) is 10.8. The lowest BCUT2D eigenvalue weighted by molar-refractivity contribution is 1.08. The summed E-state index contributed by atoms with van der Waals surface area (Å²) in [5.41, 5.74) is 2.43. The fraction of sp³-hybridized carbons (Fsp3) is 0.400. The second kappa shape index (κ2) is 4.32. The molecule has 3 heteroatoms. The predicted molar refractivity (Wildman–Crippen MR) is 57.9 cm³/mol. The van der Waals surface area contributed by atoms with Crippen molar-refractivity contribution in [3.63, 3.8) is 0 Å². The van der Waals surface area contributed by atoms with Crippen LogP contribution in [0.25, 0.3) is 0 Å². The largest absolute Gasteiger partial charge is 0.344 e. The fourth-order valence-electron chi connectivity index (χ4n) is 1.48. The van der Waals surface area contributed by atoms with E-state index in [1.54, 1.807) is 0 Å². The number of hydrogen-bond donors (Lipinski definition) is 1. The summed E-state index contributed by atoms with van der Waals surface area (Å²) >= 11 is 11.7. The van der Waals surface area contributed by atoms with Crippen LogP contribution in [0.5, 0.6) is 0 Å². The Kier molecular flexibility index (Phi) is 3.60. The van der Waals surface area contributed by atoms with Crippen molar-refractivity contribution in [2.75, 3.05) is 0 Å². The molecule has 0 unspecified atom stereocenters. The van der Waals surface area contributed by atoms with Crippen molar-refractivity contribution >= 4 is 23.2 Å². The molecule has 1 saturated carbocycles. The summed E-state index contributed by atoms with van der Waals surface area (Å²) in [5.74, 6) is 0.723. The molecule has 1 aliphatic carbocycles. The van der Waals surface area contributed by atoms with E-state index in [1.807, 2.05) is 18.2 Å². The monoisotopic (exact) mass is 217 g/mol. The van der Waals surface area contributed by atoms with Crippen LogP contribution in [-0.2, 0) is 0 Å². The molecule has 1 aromatic rings. The van der Waals surface area contributed by atoms with Crippen LogP contribution in [0.1, 0.15) is 34.7 Å². The summed E-state index contributed by atoms with van der Waals surface area (Å²) < 4.78 is 0. The predicted octanol–water partition coefficient (Wildman–Crippen LogP) is 4.20. The first-order chi connectivity index (χ1) is 5.79. The highest BCUT2D eigenvalue weighted by molar-refractivity contribution is 6.44. The number of benzene rings is 1. The third-order valence-corrected chi connectivity index (χ3v) is 2.72. The summed E-state index contributed by atoms with van der Waals surface area (Å²) in [5, 5.41) is 0. The number of alkyl halides is 2. The molecule has 2 rings (SSSR count). The maximum absolute atomic E-state index is 5.85. The molecular weight excluding hydrogens is 205 g/mol. The van der Waals surface area contributed by atoms with Crippen LogP contribution in [0.2, 0.25) is 0 Å². The Bertz CT molecular complexity index is 261. The average molecular weight is 218 g/mol.